The van der Waals surface area contributed by atoms with E-state index in [2.05, 4.69) is 52.8 Å². The van der Waals surface area contributed by atoms with Gasteiger partial charge in [-0.05, 0) is 92.2 Å². The lowest BCUT2D eigenvalue weighted by molar-refractivity contribution is 0.667. The minimum Gasteiger partial charge on any atom is -0.402 e. The molecule has 0 amide bonds. The van der Waals surface area contributed by atoms with Gasteiger partial charge in [0.05, 0.1) is 0 Å². The van der Waals surface area contributed by atoms with Crippen molar-refractivity contribution < 1.29 is 0 Å². The standard InChI is InChI=1S/C27H39N3/c1-7-10-22(26(21(6)29)17-30-16-18(2)3)23-11-8-9-12-24(23)27-20(5)14-13-19(4)25(27)15-28/h10,13-15,17-18,28H,7-9,11-12,16,29H2,1-6H3/b22-10-,26-21+,28-15?,30-17?. The van der Waals surface area contributed by atoms with Crippen molar-refractivity contribution >= 4 is 18.0 Å². The van der Waals surface area contributed by atoms with Crippen molar-refractivity contribution in [2.24, 2.45) is 16.6 Å². The molecule has 0 unspecified atom stereocenters. The highest BCUT2D eigenvalue weighted by atomic mass is 14.7. The van der Waals surface area contributed by atoms with Crippen molar-refractivity contribution in [2.75, 3.05) is 6.54 Å². The molecule has 0 radical (unpaired) electrons. The molecule has 3 nitrogen and oxygen atoms in total. The van der Waals surface area contributed by atoms with Gasteiger partial charge in [0.2, 0.25) is 0 Å². The monoisotopic (exact) mass is 405 g/mol. The number of aliphatic imine (C=N–C) groups is 1. The largest absolute Gasteiger partial charge is 0.402 e. The molecule has 1 aliphatic rings. The highest BCUT2D eigenvalue weighted by Gasteiger charge is 2.23. The Bertz CT molecular complexity index is 891. The lowest BCUT2D eigenvalue weighted by Gasteiger charge is -2.27. The summed E-state index contributed by atoms with van der Waals surface area (Å²) in [4.78, 5) is 4.69. The van der Waals surface area contributed by atoms with E-state index in [9.17, 15) is 0 Å². The molecule has 0 saturated heterocycles. The normalized spacial score (nSPS) is 16.4. The van der Waals surface area contributed by atoms with Gasteiger partial charge in [-0.15, -0.1) is 0 Å². The fourth-order valence-corrected chi connectivity index (χ4v) is 4.24. The highest BCUT2D eigenvalue weighted by Crippen LogP contribution is 2.41. The van der Waals surface area contributed by atoms with Crippen LogP contribution < -0.4 is 5.73 Å². The number of aryl methyl sites for hydroxylation is 2. The maximum Gasteiger partial charge on any atom is 0.0412 e. The van der Waals surface area contributed by atoms with Crippen molar-refractivity contribution in [2.45, 2.75) is 73.6 Å². The number of allylic oxidation sites excluding steroid dienone is 6. The van der Waals surface area contributed by atoms with E-state index in [1.807, 2.05) is 13.1 Å². The third-order valence-corrected chi connectivity index (χ3v) is 5.73. The predicted molar refractivity (Wildman–Crippen MR) is 133 cm³/mol. The van der Waals surface area contributed by atoms with Crippen LogP contribution >= 0.6 is 0 Å². The third kappa shape index (κ3) is 5.59. The van der Waals surface area contributed by atoms with E-state index >= 15 is 0 Å². The van der Waals surface area contributed by atoms with Gasteiger partial charge in [-0.1, -0.05) is 39.0 Å². The van der Waals surface area contributed by atoms with Gasteiger partial charge < -0.3 is 11.1 Å². The fourth-order valence-electron chi connectivity index (χ4n) is 4.24. The summed E-state index contributed by atoms with van der Waals surface area (Å²) in [5.41, 5.74) is 16.9. The molecule has 0 aromatic heterocycles. The molecular weight excluding hydrogens is 366 g/mol. The molecule has 1 aliphatic carbocycles. The Labute approximate surface area is 183 Å². The molecule has 1 aromatic carbocycles. The minimum absolute atomic E-state index is 0.522. The number of hydrogen-bond donors (Lipinski definition) is 2. The van der Waals surface area contributed by atoms with Crippen molar-refractivity contribution in [3.8, 4) is 0 Å². The summed E-state index contributed by atoms with van der Waals surface area (Å²) in [5.74, 6) is 0.522. The number of nitrogens with two attached hydrogens (primary N) is 1. The second-order valence-electron chi connectivity index (χ2n) is 8.81. The summed E-state index contributed by atoms with van der Waals surface area (Å²) in [6.07, 6.45) is 11.2. The number of nitrogens with one attached hydrogen (secondary N) is 1. The second kappa shape index (κ2) is 11.1. The number of benzene rings is 1. The molecule has 2 rings (SSSR count). The summed E-state index contributed by atoms with van der Waals surface area (Å²) < 4.78 is 0. The Morgan fingerprint density at radius 3 is 2.43 bits per heavy atom. The fraction of sp³-hybridized carbons (Fsp3) is 0.481. The second-order valence-corrected chi connectivity index (χ2v) is 8.81. The van der Waals surface area contributed by atoms with Crippen LogP contribution in [0.25, 0.3) is 5.57 Å². The quantitative estimate of drug-likeness (QED) is 0.357. The molecule has 0 heterocycles. The Hall–Kier alpha value is -2.42. The van der Waals surface area contributed by atoms with Crippen LogP contribution in [0.15, 0.2) is 45.6 Å². The van der Waals surface area contributed by atoms with E-state index in [0.717, 1.165) is 48.2 Å². The average molecular weight is 406 g/mol. The molecule has 1 aromatic rings. The van der Waals surface area contributed by atoms with Crippen LogP contribution in [0.2, 0.25) is 0 Å². The average Bonchev–Trinajstić information content (AvgIpc) is 2.71. The molecule has 0 fully saturated rings. The van der Waals surface area contributed by atoms with Crippen molar-refractivity contribution in [1.82, 2.24) is 0 Å². The zero-order valence-electron chi connectivity index (χ0n) is 19.7. The van der Waals surface area contributed by atoms with Crippen molar-refractivity contribution in [3.63, 3.8) is 0 Å². The van der Waals surface area contributed by atoms with Crippen LogP contribution in [-0.2, 0) is 0 Å². The van der Waals surface area contributed by atoms with Gasteiger partial charge in [-0.25, -0.2) is 0 Å². The maximum atomic E-state index is 8.07. The first-order valence-corrected chi connectivity index (χ1v) is 11.3. The predicted octanol–water partition coefficient (Wildman–Crippen LogP) is 6.92. The molecule has 0 atom stereocenters. The lowest BCUT2D eigenvalue weighted by Crippen LogP contribution is -2.11. The molecule has 3 N–H and O–H groups in total. The lowest BCUT2D eigenvalue weighted by atomic mass is 9.78. The van der Waals surface area contributed by atoms with Gasteiger partial charge >= 0.3 is 0 Å². The summed E-state index contributed by atoms with van der Waals surface area (Å²) in [7, 11) is 0. The SMILES string of the molecule is CC/C=C(C1=C(c2c(C)ccc(C)c2C=N)CCCC1)\C(C=NCC(C)C)=C(/C)N. The summed E-state index contributed by atoms with van der Waals surface area (Å²) >= 11 is 0. The van der Waals surface area contributed by atoms with Gasteiger partial charge in [0.1, 0.15) is 0 Å². The summed E-state index contributed by atoms with van der Waals surface area (Å²) in [5, 5.41) is 8.07. The van der Waals surface area contributed by atoms with Crippen LogP contribution in [0.4, 0.5) is 0 Å². The van der Waals surface area contributed by atoms with Crippen LogP contribution in [0.3, 0.4) is 0 Å². The van der Waals surface area contributed by atoms with Crippen LogP contribution in [0, 0.1) is 25.2 Å². The first-order chi connectivity index (χ1) is 14.3. The van der Waals surface area contributed by atoms with Crippen molar-refractivity contribution in [1.29, 1.82) is 5.41 Å². The van der Waals surface area contributed by atoms with E-state index in [-0.39, 0.29) is 0 Å². The molecule has 162 valence electrons. The van der Waals surface area contributed by atoms with Crippen LogP contribution in [0.5, 0.6) is 0 Å². The molecule has 0 saturated carbocycles. The van der Waals surface area contributed by atoms with E-state index in [0.29, 0.717) is 5.92 Å². The van der Waals surface area contributed by atoms with Gasteiger partial charge in [-0.3, -0.25) is 4.99 Å². The smallest absolute Gasteiger partial charge is 0.0412 e. The maximum absolute atomic E-state index is 8.07. The Kier molecular flexibility index (Phi) is 8.83. The molecule has 0 spiro atoms. The zero-order valence-corrected chi connectivity index (χ0v) is 19.7. The number of rotatable bonds is 8. The van der Waals surface area contributed by atoms with Gasteiger partial charge in [0, 0.05) is 35.8 Å². The first-order valence-electron chi connectivity index (χ1n) is 11.3. The highest BCUT2D eigenvalue weighted by molar-refractivity contribution is 5.94. The topological polar surface area (TPSA) is 62.2 Å². The van der Waals surface area contributed by atoms with E-state index in [1.54, 1.807) is 0 Å². The molecule has 30 heavy (non-hydrogen) atoms. The van der Waals surface area contributed by atoms with Gasteiger partial charge in [0.15, 0.2) is 0 Å². The zero-order chi connectivity index (χ0) is 22.3. The Morgan fingerprint density at radius 1 is 1.17 bits per heavy atom. The van der Waals surface area contributed by atoms with E-state index in [1.165, 1.54) is 46.9 Å². The van der Waals surface area contributed by atoms with Crippen molar-refractivity contribution in [3.05, 3.63) is 62.9 Å². The number of hydrogen-bond acceptors (Lipinski definition) is 3. The molecular formula is C27H39N3. The van der Waals surface area contributed by atoms with Gasteiger partial charge in [-0.2, -0.15) is 0 Å². The molecule has 0 aliphatic heterocycles. The number of nitrogens with zero attached hydrogens (tertiary/aromatic N) is 1. The van der Waals surface area contributed by atoms with Crippen LogP contribution in [-0.4, -0.2) is 19.0 Å². The summed E-state index contributed by atoms with van der Waals surface area (Å²) in [6.45, 7) is 13.6. The molecule has 0 bridgehead atoms. The first kappa shape index (κ1) is 23.9. The van der Waals surface area contributed by atoms with E-state index in [4.69, 9.17) is 16.1 Å². The Balaban J connectivity index is 2.74. The third-order valence-electron chi connectivity index (χ3n) is 5.73. The van der Waals surface area contributed by atoms with Gasteiger partial charge in [0.25, 0.3) is 0 Å². The molecule has 3 heteroatoms. The summed E-state index contributed by atoms with van der Waals surface area (Å²) in [6, 6.07) is 4.31. The van der Waals surface area contributed by atoms with E-state index < -0.39 is 0 Å². The minimum atomic E-state index is 0.522. The van der Waals surface area contributed by atoms with Crippen LogP contribution in [0.1, 0.15) is 82.1 Å². The Morgan fingerprint density at radius 2 is 1.83 bits per heavy atom.